The lowest BCUT2D eigenvalue weighted by atomic mass is 10.0. The van der Waals surface area contributed by atoms with Crippen LogP contribution in [0.5, 0.6) is 0 Å². The Morgan fingerprint density at radius 2 is 2.25 bits per heavy atom. The van der Waals surface area contributed by atoms with Gasteiger partial charge < -0.3 is 4.74 Å². The number of Topliss-reactive ketones (excluding diaryl/α,β-unsaturated/α-hetero) is 1. The maximum Gasteiger partial charge on any atom is 0.193 e. The molecule has 1 aromatic heterocycles. The molecular weight excluding hydrogens is 220 g/mol. The van der Waals surface area contributed by atoms with Crippen molar-refractivity contribution in [3.63, 3.8) is 0 Å². The average Bonchev–Trinajstić information content (AvgIpc) is 2.98. The number of carbonyl (C=O) groups is 1. The summed E-state index contributed by atoms with van der Waals surface area (Å²) in [7, 11) is 0. The minimum atomic E-state index is -0.210. The first-order valence-corrected chi connectivity index (χ1v) is 6.36. The number of thiophene rings is 1. The molecule has 0 aliphatic carbocycles. The van der Waals surface area contributed by atoms with Gasteiger partial charge in [0.05, 0.1) is 0 Å². The van der Waals surface area contributed by atoms with Crippen molar-refractivity contribution in [2.45, 2.75) is 18.9 Å². The Morgan fingerprint density at radius 3 is 3.06 bits per heavy atom. The lowest BCUT2D eigenvalue weighted by Gasteiger charge is -2.06. The third kappa shape index (κ3) is 1.56. The Kier molecular flexibility index (Phi) is 2.50. The van der Waals surface area contributed by atoms with Crippen molar-refractivity contribution in [2.24, 2.45) is 0 Å². The third-order valence-electron chi connectivity index (χ3n) is 2.97. The van der Waals surface area contributed by atoms with E-state index < -0.39 is 0 Å². The Balaban J connectivity index is 2.02. The standard InChI is InChI=1S/C13H12O2S/c14-13(11-5-3-7-15-11)10-8-16-12-6-2-1-4-9(10)12/h1-2,4,6,8,11H,3,5,7H2. The second-order valence-electron chi connectivity index (χ2n) is 4.01. The Labute approximate surface area is 97.8 Å². The number of carbonyl (C=O) groups excluding carboxylic acids is 1. The van der Waals surface area contributed by atoms with E-state index >= 15 is 0 Å². The number of hydrogen-bond donors (Lipinski definition) is 0. The smallest absolute Gasteiger partial charge is 0.193 e. The molecule has 3 rings (SSSR count). The molecule has 1 aliphatic heterocycles. The highest BCUT2D eigenvalue weighted by Crippen LogP contribution is 2.28. The van der Waals surface area contributed by atoms with Gasteiger partial charge in [0, 0.05) is 27.6 Å². The molecule has 3 heteroatoms. The van der Waals surface area contributed by atoms with Crippen LogP contribution < -0.4 is 0 Å². The van der Waals surface area contributed by atoms with Crippen molar-refractivity contribution in [1.29, 1.82) is 0 Å². The summed E-state index contributed by atoms with van der Waals surface area (Å²) in [6, 6.07) is 8.03. The topological polar surface area (TPSA) is 26.3 Å². The fourth-order valence-corrected chi connectivity index (χ4v) is 3.08. The van der Waals surface area contributed by atoms with E-state index in [-0.39, 0.29) is 11.9 Å². The molecule has 1 unspecified atom stereocenters. The van der Waals surface area contributed by atoms with Gasteiger partial charge in [-0.25, -0.2) is 0 Å². The van der Waals surface area contributed by atoms with Gasteiger partial charge in [-0.2, -0.15) is 0 Å². The monoisotopic (exact) mass is 232 g/mol. The van der Waals surface area contributed by atoms with Gasteiger partial charge in [-0.15, -0.1) is 11.3 Å². The molecule has 2 aromatic rings. The highest BCUT2D eigenvalue weighted by atomic mass is 32.1. The summed E-state index contributed by atoms with van der Waals surface area (Å²) in [5.74, 6) is 0.148. The maximum atomic E-state index is 12.2. The van der Waals surface area contributed by atoms with Gasteiger partial charge in [-0.3, -0.25) is 4.79 Å². The van der Waals surface area contributed by atoms with Crippen molar-refractivity contribution in [1.82, 2.24) is 0 Å². The number of ketones is 1. The first kappa shape index (κ1) is 10.00. The molecule has 0 N–H and O–H groups in total. The summed E-state index contributed by atoms with van der Waals surface area (Å²) in [6.07, 6.45) is 1.65. The van der Waals surface area contributed by atoms with Crippen LogP contribution in [0.1, 0.15) is 23.2 Å². The van der Waals surface area contributed by atoms with Crippen LogP contribution in [-0.2, 0) is 4.74 Å². The quantitative estimate of drug-likeness (QED) is 0.743. The zero-order chi connectivity index (χ0) is 11.0. The minimum Gasteiger partial charge on any atom is -0.370 e. The average molecular weight is 232 g/mol. The largest absolute Gasteiger partial charge is 0.370 e. The number of rotatable bonds is 2. The summed E-state index contributed by atoms with van der Waals surface area (Å²) in [5.41, 5.74) is 0.826. The predicted molar refractivity (Wildman–Crippen MR) is 65.1 cm³/mol. The highest BCUT2D eigenvalue weighted by molar-refractivity contribution is 7.17. The van der Waals surface area contributed by atoms with E-state index in [1.165, 1.54) is 4.70 Å². The molecule has 1 fully saturated rings. The summed E-state index contributed by atoms with van der Waals surface area (Å²) in [5, 5.41) is 3.02. The molecule has 16 heavy (non-hydrogen) atoms. The molecule has 1 saturated heterocycles. The molecule has 0 amide bonds. The van der Waals surface area contributed by atoms with Crippen molar-refractivity contribution in [3.05, 3.63) is 35.2 Å². The van der Waals surface area contributed by atoms with Gasteiger partial charge in [0.2, 0.25) is 0 Å². The van der Waals surface area contributed by atoms with Crippen LogP contribution in [0.25, 0.3) is 10.1 Å². The van der Waals surface area contributed by atoms with Crippen molar-refractivity contribution in [2.75, 3.05) is 6.61 Å². The number of ether oxygens (including phenoxy) is 1. The van der Waals surface area contributed by atoms with Crippen molar-refractivity contribution in [3.8, 4) is 0 Å². The zero-order valence-corrected chi connectivity index (χ0v) is 9.63. The van der Waals surface area contributed by atoms with Crippen molar-refractivity contribution >= 4 is 27.2 Å². The molecule has 0 spiro atoms. The van der Waals surface area contributed by atoms with Crippen LogP contribution >= 0.6 is 11.3 Å². The minimum absolute atomic E-state index is 0.148. The number of hydrogen-bond acceptors (Lipinski definition) is 3. The van der Waals surface area contributed by atoms with Crippen LogP contribution in [0.3, 0.4) is 0 Å². The van der Waals surface area contributed by atoms with E-state index in [4.69, 9.17) is 4.74 Å². The lowest BCUT2D eigenvalue weighted by molar-refractivity contribution is 0.0645. The summed E-state index contributed by atoms with van der Waals surface area (Å²) >= 11 is 1.62. The highest BCUT2D eigenvalue weighted by Gasteiger charge is 2.26. The van der Waals surface area contributed by atoms with Crippen LogP contribution in [0.4, 0.5) is 0 Å². The van der Waals surface area contributed by atoms with Crippen LogP contribution in [-0.4, -0.2) is 18.5 Å². The summed E-state index contributed by atoms with van der Waals surface area (Å²) < 4.78 is 6.61. The molecule has 1 atom stereocenters. The van der Waals surface area contributed by atoms with E-state index in [1.54, 1.807) is 11.3 Å². The molecule has 0 saturated carbocycles. The van der Waals surface area contributed by atoms with Gasteiger partial charge in [0.25, 0.3) is 0 Å². The lowest BCUT2D eigenvalue weighted by Crippen LogP contribution is -2.18. The second kappa shape index (κ2) is 4.00. The number of fused-ring (bicyclic) bond motifs is 1. The number of benzene rings is 1. The fraction of sp³-hybridized carbons (Fsp3) is 0.308. The molecular formula is C13H12O2S. The van der Waals surface area contributed by atoms with Crippen LogP contribution in [0, 0.1) is 0 Å². The van der Waals surface area contributed by atoms with Gasteiger partial charge >= 0.3 is 0 Å². The van der Waals surface area contributed by atoms with Crippen molar-refractivity contribution < 1.29 is 9.53 Å². The molecule has 2 nitrogen and oxygen atoms in total. The third-order valence-corrected chi connectivity index (χ3v) is 3.93. The first-order chi connectivity index (χ1) is 7.86. The van der Waals surface area contributed by atoms with Gasteiger partial charge in [0.1, 0.15) is 6.10 Å². The van der Waals surface area contributed by atoms with Crippen LogP contribution in [0.2, 0.25) is 0 Å². The molecule has 1 aromatic carbocycles. The predicted octanol–water partition coefficient (Wildman–Crippen LogP) is 3.26. The van der Waals surface area contributed by atoms with E-state index in [2.05, 4.69) is 0 Å². The Morgan fingerprint density at radius 1 is 1.38 bits per heavy atom. The van der Waals surface area contributed by atoms with E-state index in [0.717, 1.165) is 30.4 Å². The van der Waals surface area contributed by atoms with Gasteiger partial charge in [-0.05, 0) is 18.9 Å². The zero-order valence-electron chi connectivity index (χ0n) is 8.81. The molecule has 0 bridgehead atoms. The van der Waals surface area contributed by atoms with Crippen LogP contribution in [0.15, 0.2) is 29.6 Å². The second-order valence-corrected chi connectivity index (χ2v) is 4.92. The van der Waals surface area contributed by atoms with Gasteiger partial charge in [0.15, 0.2) is 5.78 Å². The Bertz CT molecular complexity index is 523. The summed E-state index contributed by atoms with van der Waals surface area (Å²) in [4.78, 5) is 12.2. The van der Waals surface area contributed by atoms with Gasteiger partial charge in [-0.1, -0.05) is 18.2 Å². The molecule has 1 aliphatic rings. The summed E-state index contributed by atoms with van der Waals surface area (Å²) in [6.45, 7) is 0.721. The molecule has 0 radical (unpaired) electrons. The molecule has 2 heterocycles. The fourth-order valence-electron chi connectivity index (χ4n) is 2.13. The Hall–Kier alpha value is -1.19. The SMILES string of the molecule is O=C(c1csc2ccccc12)C1CCCO1. The normalized spacial score (nSPS) is 20.4. The first-order valence-electron chi connectivity index (χ1n) is 5.48. The molecule has 82 valence electrons. The maximum absolute atomic E-state index is 12.2. The van der Waals surface area contributed by atoms with E-state index in [9.17, 15) is 4.79 Å². The van der Waals surface area contributed by atoms with E-state index in [1.807, 2.05) is 29.6 Å². The van der Waals surface area contributed by atoms with E-state index in [0.29, 0.717) is 0 Å².